The van der Waals surface area contributed by atoms with Gasteiger partial charge < -0.3 is 9.80 Å². The van der Waals surface area contributed by atoms with Crippen LogP contribution < -0.4 is 0 Å². The highest BCUT2D eigenvalue weighted by atomic mass is 15.3. The van der Waals surface area contributed by atoms with E-state index in [1.165, 1.54) is 11.4 Å². The van der Waals surface area contributed by atoms with E-state index in [-0.39, 0.29) is 0 Å². The highest BCUT2D eigenvalue weighted by Gasteiger charge is 2.14. The first kappa shape index (κ1) is 14.9. The number of hydrogen-bond donors (Lipinski definition) is 0. The summed E-state index contributed by atoms with van der Waals surface area (Å²) in [6.07, 6.45) is 0. The Morgan fingerprint density at radius 2 is 1.25 bits per heavy atom. The monoisotopic (exact) mass is 222 g/mol. The molecule has 0 aromatic rings. The lowest BCUT2D eigenvalue weighted by molar-refractivity contribution is 0.232. The molecule has 2 heteroatoms. The van der Waals surface area contributed by atoms with Gasteiger partial charge in [-0.15, -0.1) is 5.92 Å². The highest BCUT2D eigenvalue weighted by molar-refractivity contribution is 5.30. The van der Waals surface area contributed by atoms with Crippen LogP contribution in [0.1, 0.15) is 41.5 Å². The molecule has 16 heavy (non-hydrogen) atoms. The predicted octanol–water partition coefficient (Wildman–Crippen LogP) is 2.92. The Hall–Kier alpha value is -1.10. The Kier molecular flexibility index (Phi) is 7.54. The van der Waals surface area contributed by atoms with Crippen molar-refractivity contribution in [3.63, 3.8) is 0 Å². The lowest BCUT2D eigenvalue weighted by atomic mass is 10.2. The molecule has 0 aromatic heterocycles. The summed E-state index contributed by atoms with van der Waals surface area (Å²) < 4.78 is 0. The SMILES string of the molecule is CC#CC(C)=C(N(CC)CC)N(CC)CC. The van der Waals surface area contributed by atoms with Gasteiger partial charge in [-0.1, -0.05) is 5.92 Å². The van der Waals surface area contributed by atoms with E-state index in [1.807, 2.05) is 6.92 Å². The first-order chi connectivity index (χ1) is 7.65. The molecule has 0 bridgehead atoms. The largest absolute Gasteiger partial charge is 0.358 e. The van der Waals surface area contributed by atoms with E-state index in [2.05, 4.69) is 56.3 Å². The van der Waals surface area contributed by atoms with E-state index in [9.17, 15) is 0 Å². The summed E-state index contributed by atoms with van der Waals surface area (Å²) in [5.41, 5.74) is 1.18. The van der Waals surface area contributed by atoms with Gasteiger partial charge in [0.2, 0.25) is 0 Å². The third kappa shape index (κ3) is 3.81. The zero-order valence-corrected chi connectivity index (χ0v) is 11.7. The molecule has 0 amide bonds. The molecule has 0 unspecified atom stereocenters. The van der Waals surface area contributed by atoms with E-state index in [0.29, 0.717) is 0 Å². The van der Waals surface area contributed by atoms with Gasteiger partial charge in [-0.3, -0.25) is 0 Å². The highest BCUT2D eigenvalue weighted by Crippen LogP contribution is 2.15. The Morgan fingerprint density at radius 1 is 0.875 bits per heavy atom. The Bertz CT molecular complexity index is 259. The third-order valence-corrected chi connectivity index (χ3v) is 2.77. The molecule has 0 saturated carbocycles. The van der Waals surface area contributed by atoms with Crippen molar-refractivity contribution in [3.05, 3.63) is 11.4 Å². The maximum atomic E-state index is 3.19. The van der Waals surface area contributed by atoms with Crippen molar-refractivity contribution < 1.29 is 0 Å². The minimum absolute atomic E-state index is 1.03. The summed E-state index contributed by atoms with van der Waals surface area (Å²) in [5, 5.41) is 0. The molecule has 0 radical (unpaired) electrons. The number of nitrogens with zero attached hydrogens (tertiary/aromatic N) is 2. The molecule has 2 nitrogen and oxygen atoms in total. The second-order valence-electron chi connectivity index (χ2n) is 3.67. The fraction of sp³-hybridized carbons (Fsp3) is 0.714. The average Bonchev–Trinajstić information content (AvgIpc) is 2.30. The minimum Gasteiger partial charge on any atom is -0.358 e. The van der Waals surface area contributed by atoms with Crippen LogP contribution in [0.15, 0.2) is 11.4 Å². The molecule has 0 saturated heterocycles. The van der Waals surface area contributed by atoms with Crippen molar-refractivity contribution >= 4 is 0 Å². The standard InChI is InChI=1S/C14H26N2/c1-7-12-13(6)14(15(8-2)9-3)16(10-4)11-5/h8-11H2,1-6H3. The van der Waals surface area contributed by atoms with E-state index < -0.39 is 0 Å². The Morgan fingerprint density at radius 3 is 1.50 bits per heavy atom. The molecule has 0 N–H and O–H groups in total. The molecule has 0 aliphatic heterocycles. The maximum Gasteiger partial charge on any atom is 0.115 e. The zero-order chi connectivity index (χ0) is 12.6. The molecule has 0 spiro atoms. The van der Waals surface area contributed by atoms with Crippen LogP contribution in [0.5, 0.6) is 0 Å². The maximum absolute atomic E-state index is 3.19. The van der Waals surface area contributed by atoms with Crippen LogP contribution >= 0.6 is 0 Å². The fourth-order valence-corrected chi connectivity index (χ4v) is 1.96. The fourth-order valence-electron chi connectivity index (χ4n) is 1.96. The van der Waals surface area contributed by atoms with Crippen LogP contribution in [0.2, 0.25) is 0 Å². The second kappa shape index (κ2) is 8.10. The van der Waals surface area contributed by atoms with Gasteiger partial charge in [-0.25, -0.2) is 0 Å². The van der Waals surface area contributed by atoms with Crippen LogP contribution in [-0.2, 0) is 0 Å². The smallest absolute Gasteiger partial charge is 0.115 e. The van der Waals surface area contributed by atoms with Crippen molar-refractivity contribution in [2.45, 2.75) is 41.5 Å². The molecule has 0 rings (SSSR count). The van der Waals surface area contributed by atoms with Crippen LogP contribution in [0.3, 0.4) is 0 Å². The number of rotatable bonds is 6. The summed E-state index contributed by atoms with van der Waals surface area (Å²) >= 11 is 0. The summed E-state index contributed by atoms with van der Waals surface area (Å²) in [4.78, 5) is 4.76. The van der Waals surface area contributed by atoms with Gasteiger partial charge in [0.25, 0.3) is 0 Å². The number of allylic oxidation sites excluding steroid dienone is 1. The molecule has 0 aliphatic rings. The summed E-state index contributed by atoms with van der Waals surface area (Å²) in [5.74, 6) is 7.48. The molecule has 0 atom stereocenters. The van der Waals surface area contributed by atoms with E-state index in [4.69, 9.17) is 0 Å². The molecule has 0 aromatic carbocycles. The first-order valence-electron chi connectivity index (χ1n) is 6.29. The van der Waals surface area contributed by atoms with Crippen LogP contribution in [-0.4, -0.2) is 36.0 Å². The summed E-state index contributed by atoms with van der Waals surface area (Å²) in [7, 11) is 0. The van der Waals surface area contributed by atoms with Crippen molar-refractivity contribution in [2.24, 2.45) is 0 Å². The van der Waals surface area contributed by atoms with Gasteiger partial charge in [0, 0.05) is 31.8 Å². The van der Waals surface area contributed by atoms with Gasteiger partial charge in [-0.2, -0.15) is 0 Å². The molecule has 0 aliphatic carbocycles. The molecular weight excluding hydrogens is 196 g/mol. The van der Waals surface area contributed by atoms with Crippen LogP contribution in [0, 0.1) is 11.8 Å². The van der Waals surface area contributed by atoms with Crippen LogP contribution in [0.25, 0.3) is 0 Å². The normalized spacial score (nSPS) is 9.12. The van der Waals surface area contributed by atoms with E-state index >= 15 is 0 Å². The summed E-state index contributed by atoms with van der Waals surface area (Å²) in [6, 6.07) is 0. The number of hydrogen-bond acceptors (Lipinski definition) is 2. The molecule has 0 fully saturated rings. The van der Waals surface area contributed by atoms with Crippen molar-refractivity contribution in [1.82, 2.24) is 9.80 Å². The van der Waals surface area contributed by atoms with Gasteiger partial charge in [0.1, 0.15) is 5.82 Å². The topological polar surface area (TPSA) is 6.48 Å². The average molecular weight is 222 g/mol. The van der Waals surface area contributed by atoms with Gasteiger partial charge in [-0.05, 0) is 41.5 Å². The molecule has 92 valence electrons. The van der Waals surface area contributed by atoms with E-state index in [0.717, 1.165) is 26.2 Å². The predicted molar refractivity (Wildman–Crippen MR) is 72.0 cm³/mol. The Labute approximate surface area is 101 Å². The van der Waals surface area contributed by atoms with Gasteiger partial charge in [0.15, 0.2) is 0 Å². The summed E-state index contributed by atoms with van der Waals surface area (Å²) in [6.45, 7) is 16.9. The lowest BCUT2D eigenvalue weighted by Crippen LogP contribution is -2.36. The van der Waals surface area contributed by atoms with Crippen molar-refractivity contribution in [1.29, 1.82) is 0 Å². The molecule has 0 heterocycles. The van der Waals surface area contributed by atoms with Gasteiger partial charge >= 0.3 is 0 Å². The Balaban J connectivity index is 5.30. The zero-order valence-electron chi connectivity index (χ0n) is 11.7. The van der Waals surface area contributed by atoms with Crippen molar-refractivity contribution in [2.75, 3.05) is 26.2 Å². The quantitative estimate of drug-likeness (QED) is 0.638. The van der Waals surface area contributed by atoms with Crippen molar-refractivity contribution in [3.8, 4) is 11.8 Å². The second-order valence-corrected chi connectivity index (χ2v) is 3.67. The minimum atomic E-state index is 1.03. The third-order valence-electron chi connectivity index (χ3n) is 2.77. The lowest BCUT2D eigenvalue weighted by Gasteiger charge is -2.34. The first-order valence-corrected chi connectivity index (χ1v) is 6.29. The molecular formula is C14H26N2. The van der Waals surface area contributed by atoms with Gasteiger partial charge in [0.05, 0.1) is 0 Å². The van der Waals surface area contributed by atoms with Crippen LogP contribution in [0.4, 0.5) is 0 Å². The van der Waals surface area contributed by atoms with E-state index in [1.54, 1.807) is 0 Å².